The molecule has 0 amide bonds. The van der Waals surface area contributed by atoms with Crippen molar-refractivity contribution in [3.05, 3.63) is 33.8 Å². The molecule has 2 rings (SSSR count). The number of halogens is 4. The molecule has 1 aliphatic rings. The summed E-state index contributed by atoms with van der Waals surface area (Å²) in [6, 6.07) is 5.25. The normalized spacial score (nSPS) is 20.9. The highest BCUT2D eigenvalue weighted by Gasteiger charge is 2.37. The summed E-state index contributed by atoms with van der Waals surface area (Å²) in [5.74, 6) is 3.22. The van der Waals surface area contributed by atoms with Crippen molar-refractivity contribution in [3.8, 4) is 0 Å². The number of hydrazine groups is 1. The maximum absolute atomic E-state index is 13.2. The third-order valence-corrected chi connectivity index (χ3v) is 4.59. The molecule has 1 unspecified atom stereocenters. The second-order valence-corrected chi connectivity index (χ2v) is 6.25. The number of hydrogen-bond donors (Lipinski definition) is 2. The Morgan fingerprint density at radius 1 is 1.30 bits per heavy atom. The lowest BCUT2D eigenvalue weighted by Crippen LogP contribution is -2.44. The van der Waals surface area contributed by atoms with Crippen LogP contribution in [0.2, 0.25) is 10.0 Å². The Bertz CT molecular complexity index is 458. The molecule has 1 aromatic rings. The summed E-state index contributed by atoms with van der Waals surface area (Å²) in [6.07, 6.45) is 1.44. The van der Waals surface area contributed by atoms with Crippen molar-refractivity contribution >= 4 is 23.2 Å². The van der Waals surface area contributed by atoms with Crippen LogP contribution in [-0.4, -0.2) is 12.0 Å². The molecule has 2 nitrogen and oxygen atoms in total. The summed E-state index contributed by atoms with van der Waals surface area (Å²) in [7, 11) is 0. The van der Waals surface area contributed by atoms with Crippen LogP contribution in [-0.2, 0) is 6.42 Å². The Morgan fingerprint density at radius 2 is 1.95 bits per heavy atom. The average molecular weight is 323 g/mol. The number of benzene rings is 1. The zero-order chi connectivity index (χ0) is 14.8. The van der Waals surface area contributed by atoms with Gasteiger partial charge >= 0.3 is 0 Å². The number of hydrogen-bond acceptors (Lipinski definition) is 2. The smallest absolute Gasteiger partial charge is 0.248 e. The van der Waals surface area contributed by atoms with E-state index < -0.39 is 5.92 Å². The quantitative estimate of drug-likeness (QED) is 0.644. The molecule has 112 valence electrons. The zero-order valence-electron chi connectivity index (χ0n) is 11.0. The summed E-state index contributed by atoms with van der Waals surface area (Å²) in [5.41, 5.74) is 3.68. The molecule has 0 radical (unpaired) electrons. The van der Waals surface area contributed by atoms with Crippen LogP contribution in [0.15, 0.2) is 18.2 Å². The molecule has 6 heteroatoms. The standard InChI is InChI=1S/C14H18Cl2F2N2/c15-11-2-1-10(12(16)8-11)7-13(20-19)9-3-5-14(17,18)6-4-9/h1-2,8-9,13,20H,3-7,19H2. The summed E-state index contributed by atoms with van der Waals surface area (Å²) < 4.78 is 26.4. The van der Waals surface area contributed by atoms with E-state index in [1.54, 1.807) is 12.1 Å². The molecule has 20 heavy (non-hydrogen) atoms. The molecule has 0 aromatic heterocycles. The first-order valence-electron chi connectivity index (χ1n) is 6.69. The van der Waals surface area contributed by atoms with Gasteiger partial charge < -0.3 is 0 Å². The first-order chi connectivity index (χ1) is 9.41. The first kappa shape index (κ1) is 16.0. The van der Waals surface area contributed by atoms with Gasteiger partial charge in [0.25, 0.3) is 0 Å². The van der Waals surface area contributed by atoms with E-state index in [1.807, 2.05) is 6.07 Å². The SMILES string of the molecule is NNC(Cc1ccc(Cl)cc1Cl)C1CCC(F)(F)CC1. The largest absolute Gasteiger partial charge is 0.271 e. The van der Waals surface area contributed by atoms with Gasteiger partial charge in [0.1, 0.15) is 0 Å². The van der Waals surface area contributed by atoms with Gasteiger partial charge in [0, 0.05) is 28.9 Å². The fraction of sp³-hybridized carbons (Fsp3) is 0.571. The van der Waals surface area contributed by atoms with Gasteiger partial charge in [0.15, 0.2) is 0 Å². The van der Waals surface area contributed by atoms with Crippen molar-refractivity contribution < 1.29 is 8.78 Å². The van der Waals surface area contributed by atoms with Crippen molar-refractivity contribution in [3.63, 3.8) is 0 Å². The minimum atomic E-state index is -2.52. The van der Waals surface area contributed by atoms with E-state index in [-0.39, 0.29) is 24.8 Å². The molecule has 1 fully saturated rings. The lowest BCUT2D eigenvalue weighted by atomic mass is 9.80. The third-order valence-electron chi connectivity index (χ3n) is 4.00. The predicted octanol–water partition coefficient (Wildman–Crippen LogP) is 4.19. The van der Waals surface area contributed by atoms with Crippen LogP contribution < -0.4 is 11.3 Å². The summed E-state index contributed by atoms with van der Waals surface area (Å²) >= 11 is 12.0. The second kappa shape index (κ2) is 6.56. The van der Waals surface area contributed by atoms with Crippen LogP contribution in [0.1, 0.15) is 31.2 Å². The molecular weight excluding hydrogens is 305 g/mol. The fourth-order valence-electron chi connectivity index (χ4n) is 2.75. The molecule has 1 atom stereocenters. The summed E-state index contributed by atoms with van der Waals surface area (Å²) in [5, 5.41) is 1.16. The van der Waals surface area contributed by atoms with Crippen molar-refractivity contribution in [2.75, 3.05) is 0 Å². The fourth-order valence-corrected chi connectivity index (χ4v) is 3.24. The Labute approximate surface area is 127 Å². The monoisotopic (exact) mass is 322 g/mol. The minimum absolute atomic E-state index is 0.0511. The van der Waals surface area contributed by atoms with Crippen molar-refractivity contribution in [2.24, 2.45) is 11.8 Å². The average Bonchev–Trinajstić information content (AvgIpc) is 2.39. The number of alkyl halides is 2. The molecular formula is C14H18Cl2F2N2. The van der Waals surface area contributed by atoms with Gasteiger partial charge in [0.2, 0.25) is 5.92 Å². The van der Waals surface area contributed by atoms with E-state index in [0.717, 1.165) is 5.56 Å². The molecule has 3 N–H and O–H groups in total. The maximum Gasteiger partial charge on any atom is 0.248 e. The maximum atomic E-state index is 13.2. The van der Waals surface area contributed by atoms with Crippen molar-refractivity contribution in [2.45, 2.75) is 44.1 Å². The highest BCUT2D eigenvalue weighted by molar-refractivity contribution is 6.35. The lowest BCUT2D eigenvalue weighted by Gasteiger charge is -2.33. The lowest BCUT2D eigenvalue weighted by molar-refractivity contribution is -0.0495. The zero-order valence-corrected chi connectivity index (χ0v) is 12.5. The molecule has 0 saturated heterocycles. The summed E-state index contributed by atoms with van der Waals surface area (Å²) in [6.45, 7) is 0. The minimum Gasteiger partial charge on any atom is -0.271 e. The van der Waals surface area contributed by atoms with E-state index >= 15 is 0 Å². The van der Waals surface area contributed by atoms with E-state index in [0.29, 0.717) is 29.3 Å². The van der Waals surface area contributed by atoms with Gasteiger partial charge in [0.05, 0.1) is 0 Å². The van der Waals surface area contributed by atoms with Gasteiger partial charge in [-0.2, -0.15) is 0 Å². The number of rotatable bonds is 4. The molecule has 1 saturated carbocycles. The van der Waals surface area contributed by atoms with Crippen LogP contribution in [0.25, 0.3) is 0 Å². The molecule has 0 bridgehead atoms. The number of nitrogens with two attached hydrogens (primary N) is 1. The third kappa shape index (κ3) is 4.04. The van der Waals surface area contributed by atoms with E-state index in [4.69, 9.17) is 29.0 Å². The first-order valence-corrected chi connectivity index (χ1v) is 7.45. The van der Waals surface area contributed by atoms with Gasteiger partial charge in [-0.15, -0.1) is 0 Å². The molecule has 1 aliphatic carbocycles. The van der Waals surface area contributed by atoms with Crippen LogP contribution in [0.5, 0.6) is 0 Å². The summed E-state index contributed by atoms with van der Waals surface area (Å²) in [4.78, 5) is 0. The Kier molecular flexibility index (Phi) is 5.24. The Balaban J connectivity index is 2.02. The second-order valence-electron chi connectivity index (χ2n) is 5.41. The van der Waals surface area contributed by atoms with Gasteiger partial charge in [-0.1, -0.05) is 29.3 Å². The van der Waals surface area contributed by atoms with Gasteiger partial charge in [-0.3, -0.25) is 11.3 Å². The van der Waals surface area contributed by atoms with Crippen LogP contribution in [0.3, 0.4) is 0 Å². The molecule has 0 aliphatic heterocycles. The van der Waals surface area contributed by atoms with E-state index in [9.17, 15) is 8.78 Å². The van der Waals surface area contributed by atoms with Gasteiger partial charge in [-0.05, 0) is 42.9 Å². The van der Waals surface area contributed by atoms with Crippen molar-refractivity contribution in [1.29, 1.82) is 0 Å². The highest BCUT2D eigenvalue weighted by Crippen LogP contribution is 2.38. The van der Waals surface area contributed by atoms with Gasteiger partial charge in [-0.25, -0.2) is 8.78 Å². The molecule has 1 aromatic carbocycles. The highest BCUT2D eigenvalue weighted by atomic mass is 35.5. The molecule has 0 heterocycles. The topological polar surface area (TPSA) is 38.0 Å². The number of nitrogens with one attached hydrogen (secondary N) is 1. The van der Waals surface area contributed by atoms with Crippen molar-refractivity contribution in [1.82, 2.24) is 5.43 Å². The Hall–Kier alpha value is -0.420. The van der Waals surface area contributed by atoms with Crippen LogP contribution in [0.4, 0.5) is 8.78 Å². The van der Waals surface area contributed by atoms with Crippen LogP contribution in [0, 0.1) is 5.92 Å². The van der Waals surface area contributed by atoms with Crippen LogP contribution >= 0.6 is 23.2 Å². The van der Waals surface area contributed by atoms with E-state index in [1.165, 1.54) is 0 Å². The Morgan fingerprint density at radius 3 is 2.50 bits per heavy atom. The molecule has 0 spiro atoms. The predicted molar refractivity (Wildman–Crippen MR) is 78.2 cm³/mol. The van der Waals surface area contributed by atoms with E-state index in [2.05, 4.69) is 5.43 Å².